The second-order valence-corrected chi connectivity index (χ2v) is 4.55. The zero-order chi connectivity index (χ0) is 14.8. The molecular formula is C15H13FN4O. The molecule has 0 aliphatic heterocycles. The first-order valence-corrected chi connectivity index (χ1v) is 6.33. The summed E-state index contributed by atoms with van der Waals surface area (Å²) in [7, 11) is 0. The summed E-state index contributed by atoms with van der Waals surface area (Å²) in [4.78, 5) is 4.36. The SMILES string of the molecule is N=C(N)c1ccc(OCc2cn3ccccc3n2)c(F)c1. The van der Waals surface area contributed by atoms with Crippen molar-refractivity contribution in [3.63, 3.8) is 0 Å². The molecule has 5 nitrogen and oxygen atoms in total. The van der Waals surface area contributed by atoms with Gasteiger partial charge in [0.2, 0.25) is 0 Å². The number of hydrogen-bond acceptors (Lipinski definition) is 3. The minimum absolute atomic E-state index is 0.108. The topological polar surface area (TPSA) is 76.4 Å². The molecule has 6 heteroatoms. The molecular weight excluding hydrogens is 271 g/mol. The van der Waals surface area contributed by atoms with Crippen molar-refractivity contribution in [1.82, 2.24) is 9.38 Å². The highest BCUT2D eigenvalue weighted by Crippen LogP contribution is 2.19. The van der Waals surface area contributed by atoms with Gasteiger partial charge in [0.1, 0.15) is 18.1 Å². The maximum atomic E-state index is 13.8. The molecule has 0 aliphatic rings. The molecule has 3 aromatic rings. The lowest BCUT2D eigenvalue weighted by Gasteiger charge is -2.06. The van der Waals surface area contributed by atoms with Crippen LogP contribution in [0.4, 0.5) is 4.39 Å². The van der Waals surface area contributed by atoms with Crippen LogP contribution in [-0.4, -0.2) is 15.2 Å². The number of nitrogen functional groups attached to an aromatic ring is 1. The molecule has 0 amide bonds. The fourth-order valence-electron chi connectivity index (χ4n) is 1.99. The molecule has 0 saturated heterocycles. The number of aromatic nitrogens is 2. The van der Waals surface area contributed by atoms with Crippen LogP contribution < -0.4 is 10.5 Å². The van der Waals surface area contributed by atoms with Crippen molar-refractivity contribution in [2.45, 2.75) is 6.61 Å². The van der Waals surface area contributed by atoms with E-state index in [0.717, 1.165) is 5.65 Å². The molecule has 2 aromatic heterocycles. The Kier molecular flexibility index (Phi) is 3.27. The second kappa shape index (κ2) is 5.24. The first-order valence-electron chi connectivity index (χ1n) is 6.33. The standard InChI is InChI=1S/C15H13FN4O/c16-12-7-10(15(17)18)4-5-13(12)21-9-11-8-20-6-2-1-3-14(20)19-11/h1-8H,9H2,(H3,17,18). The number of rotatable bonds is 4. The monoisotopic (exact) mass is 284 g/mol. The Morgan fingerprint density at radius 2 is 2.19 bits per heavy atom. The van der Waals surface area contributed by atoms with Gasteiger partial charge in [-0.15, -0.1) is 0 Å². The molecule has 0 aliphatic carbocycles. The number of nitrogens with zero attached hydrogens (tertiary/aromatic N) is 2. The van der Waals surface area contributed by atoms with Crippen LogP contribution in [0, 0.1) is 11.2 Å². The first kappa shape index (κ1) is 13.1. The van der Waals surface area contributed by atoms with Crippen LogP contribution in [0.3, 0.4) is 0 Å². The third-order valence-electron chi connectivity index (χ3n) is 3.03. The predicted molar refractivity (Wildman–Crippen MR) is 76.9 cm³/mol. The highest BCUT2D eigenvalue weighted by atomic mass is 19.1. The molecule has 0 unspecified atom stereocenters. The number of amidine groups is 1. The number of imidazole rings is 1. The molecule has 0 saturated carbocycles. The van der Waals surface area contributed by atoms with Crippen LogP contribution in [0.5, 0.6) is 5.75 Å². The Morgan fingerprint density at radius 1 is 1.33 bits per heavy atom. The summed E-state index contributed by atoms with van der Waals surface area (Å²) in [6.07, 6.45) is 3.71. The van der Waals surface area contributed by atoms with Gasteiger partial charge in [-0.25, -0.2) is 9.37 Å². The van der Waals surface area contributed by atoms with E-state index in [2.05, 4.69) is 4.98 Å². The summed E-state index contributed by atoms with van der Waals surface area (Å²) in [6, 6.07) is 9.87. The summed E-state index contributed by atoms with van der Waals surface area (Å²) in [5, 5.41) is 7.26. The van der Waals surface area contributed by atoms with E-state index in [1.54, 1.807) is 6.07 Å². The molecule has 106 valence electrons. The third-order valence-corrected chi connectivity index (χ3v) is 3.03. The molecule has 0 fully saturated rings. The maximum absolute atomic E-state index is 13.8. The van der Waals surface area contributed by atoms with Gasteiger partial charge in [0, 0.05) is 18.0 Å². The highest BCUT2D eigenvalue weighted by molar-refractivity contribution is 5.95. The average Bonchev–Trinajstić information content (AvgIpc) is 2.88. The van der Waals surface area contributed by atoms with Crippen molar-refractivity contribution in [1.29, 1.82) is 5.41 Å². The van der Waals surface area contributed by atoms with E-state index in [4.69, 9.17) is 15.9 Å². The van der Waals surface area contributed by atoms with Gasteiger partial charge in [-0.2, -0.15) is 0 Å². The largest absolute Gasteiger partial charge is 0.484 e. The number of nitrogens with two attached hydrogens (primary N) is 1. The molecule has 1 aromatic carbocycles. The van der Waals surface area contributed by atoms with E-state index in [1.807, 2.05) is 35.0 Å². The predicted octanol–water partition coefficient (Wildman–Crippen LogP) is 2.34. The summed E-state index contributed by atoms with van der Waals surface area (Å²) < 4.78 is 21.1. The number of pyridine rings is 1. The number of hydrogen-bond donors (Lipinski definition) is 2. The lowest BCUT2D eigenvalue weighted by atomic mass is 10.2. The van der Waals surface area contributed by atoms with E-state index in [9.17, 15) is 4.39 Å². The molecule has 3 rings (SSSR count). The fourth-order valence-corrected chi connectivity index (χ4v) is 1.99. The van der Waals surface area contributed by atoms with Crippen molar-refractivity contribution in [2.24, 2.45) is 5.73 Å². The zero-order valence-electron chi connectivity index (χ0n) is 11.1. The van der Waals surface area contributed by atoms with Gasteiger partial charge in [0.05, 0.1) is 5.69 Å². The number of nitrogens with one attached hydrogen (secondary N) is 1. The van der Waals surface area contributed by atoms with Crippen LogP contribution in [0.2, 0.25) is 0 Å². The normalized spacial score (nSPS) is 10.7. The van der Waals surface area contributed by atoms with Gasteiger partial charge >= 0.3 is 0 Å². The Hall–Kier alpha value is -2.89. The fraction of sp³-hybridized carbons (Fsp3) is 0.0667. The zero-order valence-corrected chi connectivity index (χ0v) is 11.1. The number of benzene rings is 1. The molecule has 0 bridgehead atoms. The van der Waals surface area contributed by atoms with Crippen LogP contribution in [0.25, 0.3) is 5.65 Å². The smallest absolute Gasteiger partial charge is 0.165 e. The number of halogens is 1. The van der Waals surface area contributed by atoms with E-state index < -0.39 is 5.82 Å². The van der Waals surface area contributed by atoms with Crippen LogP contribution in [-0.2, 0) is 6.61 Å². The van der Waals surface area contributed by atoms with Gasteiger partial charge in [-0.3, -0.25) is 5.41 Å². The number of fused-ring (bicyclic) bond motifs is 1. The van der Waals surface area contributed by atoms with E-state index in [0.29, 0.717) is 11.3 Å². The highest BCUT2D eigenvalue weighted by Gasteiger charge is 2.08. The quantitative estimate of drug-likeness (QED) is 0.570. The van der Waals surface area contributed by atoms with E-state index in [-0.39, 0.29) is 18.2 Å². The summed E-state index contributed by atoms with van der Waals surface area (Å²) in [6.45, 7) is 0.165. The summed E-state index contributed by atoms with van der Waals surface area (Å²) >= 11 is 0. The van der Waals surface area contributed by atoms with Gasteiger partial charge < -0.3 is 14.9 Å². The Labute approximate surface area is 120 Å². The summed E-state index contributed by atoms with van der Waals surface area (Å²) in [5.41, 5.74) is 7.14. The van der Waals surface area contributed by atoms with Crippen molar-refractivity contribution in [3.8, 4) is 5.75 Å². The molecule has 2 heterocycles. The maximum Gasteiger partial charge on any atom is 0.165 e. The summed E-state index contributed by atoms with van der Waals surface area (Å²) in [5.74, 6) is -0.621. The average molecular weight is 284 g/mol. The van der Waals surface area contributed by atoms with Gasteiger partial charge in [0.25, 0.3) is 0 Å². The molecule has 21 heavy (non-hydrogen) atoms. The van der Waals surface area contributed by atoms with E-state index in [1.165, 1.54) is 12.1 Å². The lowest BCUT2D eigenvalue weighted by Crippen LogP contribution is -2.11. The van der Waals surface area contributed by atoms with Crippen molar-refractivity contribution >= 4 is 11.5 Å². The van der Waals surface area contributed by atoms with Crippen LogP contribution in [0.15, 0.2) is 48.8 Å². The van der Waals surface area contributed by atoms with Crippen molar-refractivity contribution < 1.29 is 9.13 Å². The lowest BCUT2D eigenvalue weighted by molar-refractivity contribution is 0.286. The van der Waals surface area contributed by atoms with E-state index >= 15 is 0 Å². The van der Waals surface area contributed by atoms with Crippen molar-refractivity contribution in [3.05, 3.63) is 65.9 Å². The molecule has 0 spiro atoms. The molecule has 0 radical (unpaired) electrons. The Bertz CT molecular complexity index is 779. The Balaban J connectivity index is 1.76. The van der Waals surface area contributed by atoms with Crippen LogP contribution in [0.1, 0.15) is 11.3 Å². The minimum Gasteiger partial charge on any atom is -0.484 e. The van der Waals surface area contributed by atoms with Crippen molar-refractivity contribution in [2.75, 3.05) is 0 Å². The van der Waals surface area contributed by atoms with Crippen LogP contribution >= 0.6 is 0 Å². The minimum atomic E-state index is -0.550. The second-order valence-electron chi connectivity index (χ2n) is 4.55. The number of ether oxygens (including phenoxy) is 1. The molecule has 0 atom stereocenters. The first-order chi connectivity index (χ1) is 10.1. The van der Waals surface area contributed by atoms with Gasteiger partial charge in [-0.05, 0) is 30.3 Å². The Morgan fingerprint density at radius 3 is 2.90 bits per heavy atom. The molecule has 3 N–H and O–H groups in total. The van der Waals surface area contributed by atoms with Gasteiger partial charge in [-0.1, -0.05) is 6.07 Å². The third kappa shape index (κ3) is 2.69. The van der Waals surface area contributed by atoms with Gasteiger partial charge in [0.15, 0.2) is 11.6 Å².